The van der Waals surface area contributed by atoms with Gasteiger partial charge in [-0.15, -0.1) is 24.0 Å². The molecule has 1 heterocycles. The van der Waals surface area contributed by atoms with Gasteiger partial charge in [0.1, 0.15) is 12.4 Å². The van der Waals surface area contributed by atoms with Crippen molar-refractivity contribution in [1.82, 2.24) is 15.6 Å². The topological polar surface area (TPSA) is 58.5 Å². The normalized spacial score (nSPS) is 14.3. The van der Waals surface area contributed by atoms with Crippen LogP contribution in [0.4, 0.5) is 0 Å². The highest BCUT2D eigenvalue weighted by atomic mass is 127. The molecule has 3 aromatic rings. The van der Waals surface area contributed by atoms with Gasteiger partial charge in [-0.1, -0.05) is 48.5 Å². The minimum atomic E-state index is 0. The van der Waals surface area contributed by atoms with Crippen LogP contribution in [0.5, 0.6) is 5.75 Å². The van der Waals surface area contributed by atoms with Crippen molar-refractivity contribution in [3.63, 3.8) is 0 Å². The fourth-order valence-electron chi connectivity index (χ4n) is 3.56. The number of halogens is 1. The third kappa shape index (κ3) is 6.43. The number of guanidine groups is 1. The van der Waals surface area contributed by atoms with Gasteiger partial charge < -0.3 is 15.4 Å². The summed E-state index contributed by atoms with van der Waals surface area (Å²) in [5.41, 5.74) is 3.71. The molecule has 2 aromatic carbocycles. The van der Waals surface area contributed by atoms with Crippen LogP contribution in [0.3, 0.4) is 0 Å². The number of nitrogens with zero attached hydrogens (tertiary/aromatic N) is 2. The molecule has 0 amide bonds. The molecule has 1 aliphatic rings. The SMILES string of the molecule is CN=C(NCc1cccc(OCc2ccccn2)c1)NCC1(c2ccccc2)CC1.I. The van der Waals surface area contributed by atoms with Crippen LogP contribution >= 0.6 is 24.0 Å². The molecule has 1 fully saturated rings. The number of aromatic nitrogens is 1. The molecular formula is C25H29IN4O. The smallest absolute Gasteiger partial charge is 0.191 e. The molecular weight excluding hydrogens is 499 g/mol. The van der Waals surface area contributed by atoms with E-state index in [0.717, 1.165) is 29.5 Å². The minimum absolute atomic E-state index is 0. The highest BCUT2D eigenvalue weighted by Crippen LogP contribution is 2.47. The van der Waals surface area contributed by atoms with Crippen LogP contribution in [0, 0.1) is 0 Å². The van der Waals surface area contributed by atoms with Crippen LogP contribution in [0.1, 0.15) is 29.7 Å². The number of nitrogens with one attached hydrogen (secondary N) is 2. The average molecular weight is 528 g/mol. The van der Waals surface area contributed by atoms with Gasteiger partial charge >= 0.3 is 0 Å². The highest BCUT2D eigenvalue weighted by molar-refractivity contribution is 14.0. The van der Waals surface area contributed by atoms with Crippen molar-refractivity contribution >= 4 is 29.9 Å². The fourth-order valence-corrected chi connectivity index (χ4v) is 3.56. The number of hydrogen-bond donors (Lipinski definition) is 2. The molecule has 0 aliphatic heterocycles. The molecule has 5 nitrogen and oxygen atoms in total. The lowest BCUT2D eigenvalue weighted by Crippen LogP contribution is -2.40. The van der Waals surface area contributed by atoms with Gasteiger partial charge in [0.05, 0.1) is 5.69 Å². The van der Waals surface area contributed by atoms with E-state index >= 15 is 0 Å². The van der Waals surface area contributed by atoms with E-state index in [9.17, 15) is 0 Å². The quantitative estimate of drug-likeness (QED) is 0.254. The maximum absolute atomic E-state index is 5.88. The Hall–Kier alpha value is -2.61. The predicted octanol–water partition coefficient (Wildman–Crippen LogP) is 4.68. The van der Waals surface area contributed by atoms with E-state index in [4.69, 9.17) is 4.74 Å². The van der Waals surface area contributed by atoms with Crippen LogP contribution < -0.4 is 15.4 Å². The number of ether oxygens (including phenoxy) is 1. The summed E-state index contributed by atoms with van der Waals surface area (Å²) >= 11 is 0. The van der Waals surface area contributed by atoms with Gasteiger partial charge in [-0.2, -0.15) is 0 Å². The van der Waals surface area contributed by atoms with Gasteiger partial charge in [0.2, 0.25) is 0 Å². The first-order valence-electron chi connectivity index (χ1n) is 10.4. The number of rotatable bonds is 8. The van der Waals surface area contributed by atoms with Crippen LogP contribution in [0.15, 0.2) is 84.0 Å². The third-order valence-corrected chi connectivity index (χ3v) is 5.53. The number of pyridine rings is 1. The molecule has 0 unspecified atom stereocenters. The molecule has 4 rings (SSSR count). The first kappa shape index (κ1) is 23.1. The summed E-state index contributed by atoms with van der Waals surface area (Å²) in [5.74, 6) is 1.65. The highest BCUT2D eigenvalue weighted by Gasteiger charge is 2.43. The van der Waals surface area contributed by atoms with Crippen LogP contribution in [0.25, 0.3) is 0 Å². The zero-order valence-electron chi connectivity index (χ0n) is 17.8. The molecule has 1 aromatic heterocycles. The number of aliphatic imine (C=N–C) groups is 1. The zero-order valence-corrected chi connectivity index (χ0v) is 20.1. The average Bonchev–Trinajstić information content (AvgIpc) is 3.61. The second-order valence-corrected chi connectivity index (χ2v) is 7.68. The van der Waals surface area contributed by atoms with Crippen molar-refractivity contribution in [3.8, 4) is 5.75 Å². The number of hydrogen-bond acceptors (Lipinski definition) is 3. The summed E-state index contributed by atoms with van der Waals surface area (Å²) in [6.45, 7) is 2.03. The summed E-state index contributed by atoms with van der Waals surface area (Å²) in [5, 5.41) is 6.91. The predicted molar refractivity (Wildman–Crippen MR) is 136 cm³/mol. The Balaban J connectivity index is 0.00000272. The maximum Gasteiger partial charge on any atom is 0.191 e. The molecule has 0 bridgehead atoms. The van der Waals surface area contributed by atoms with Crippen molar-refractivity contribution in [2.24, 2.45) is 4.99 Å². The van der Waals surface area contributed by atoms with Crippen molar-refractivity contribution in [3.05, 3.63) is 95.8 Å². The van der Waals surface area contributed by atoms with Crippen molar-refractivity contribution in [2.45, 2.75) is 31.4 Å². The Morgan fingerprint density at radius 1 is 1.00 bits per heavy atom. The largest absolute Gasteiger partial charge is 0.487 e. The van der Waals surface area contributed by atoms with Crippen molar-refractivity contribution in [2.75, 3.05) is 13.6 Å². The summed E-state index contributed by atoms with van der Waals surface area (Å²) in [4.78, 5) is 8.67. The van der Waals surface area contributed by atoms with Gasteiger partial charge in [-0.3, -0.25) is 9.98 Å². The summed E-state index contributed by atoms with van der Waals surface area (Å²) in [7, 11) is 1.81. The van der Waals surface area contributed by atoms with E-state index in [0.29, 0.717) is 13.2 Å². The van der Waals surface area contributed by atoms with Crippen molar-refractivity contribution < 1.29 is 4.74 Å². The third-order valence-electron chi connectivity index (χ3n) is 5.53. The Labute approximate surface area is 201 Å². The lowest BCUT2D eigenvalue weighted by Gasteiger charge is -2.19. The molecule has 0 atom stereocenters. The van der Waals surface area contributed by atoms with Gasteiger partial charge in [0.25, 0.3) is 0 Å². The Bertz CT molecular complexity index is 975. The Kier molecular flexibility index (Phi) is 8.28. The van der Waals surface area contributed by atoms with Crippen LogP contribution in [-0.2, 0) is 18.6 Å². The second-order valence-electron chi connectivity index (χ2n) is 7.68. The van der Waals surface area contributed by atoms with E-state index < -0.39 is 0 Å². The molecule has 1 saturated carbocycles. The standard InChI is InChI=1S/C25H28N4O.HI/c1-26-24(29-19-25(13-14-25)21-9-3-2-4-10-21)28-17-20-8-7-12-23(16-20)30-18-22-11-5-6-15-27-22;/h2-12,15-16H,13-14,17-19H2,1H3,(H2,26,28,29);1H. The second kappa shape index (κ2) is 11.1. The van der Waals surface area contributed by atoms with Crippen LogP contribution in [0.2, 0.25) is 0 Å². The summed E-state index contributed by atoms with van der Waals surface area (Å²) < 4.78 is 5.88. The Morgan fingerprint density at radius 2 is 1.81 bits per heavy atom. The van der Waals surface area contributed by atoms with E-state index in [1.54, 1.807) is 6.20 Å². The van der Waals surface area contributed by atoms with E-state index in [2.05, 4.69) is 63.1 Å². The zero-order chi connectivity index (χ0) is 20.7. The summed E-state index contributed by atoms with van der Waals surface area (Å²) in [6, 6.07) is 24.7. The molecule has 0 saturated heterocycles. The lowest BCUT2D eigenvalue weighted by atomic mass is 9.96. The van der Waals surface area contributed by atoms with Gasteiger partial charge in [-0.05, 0) is 48.2 Å². The number of benzene rings is 2. The maximum atomic E-state index is 5.88. The minimum Gasteiger partial charge on any atom is -0.487 e. The molecule has 162 valence electrons. The summed E-state index contributed by atoms with van der Waals surface area (Å²) in [6.07, 6.45) is 4.22. The van der Waals surface area contributed by atoms with E-state index in [1.807, 2.05) is 37.4 Å². The molecule has 2 N–H and O–H groups in total. The van der Waals surface area contributed by atoms with Gasteiger partial charge in [-0.25, -0.2) is 0 Å². The van der Waals surface area contributed by atoms with E-state index in [1.165, 1.54) is 18.4 Å². The molecule has 0 radical (unpaired) electrons. The van der Waals surface area contributed by atoms with Crippen molar-refractivity contribution in [1.29, 1.82) is 0 Å². The van der Waals surface area contributed by atoms with Gasteiger partial charge in [0.15, 0.2) is 5.96 Å². The first-order chi connectivity index (χ1) is 14.8. The fraction of sp³-hybridized carbons (Fsp3) is 0.280. The van der Waals surface area contributed by atoms with E-state index in [-0.39, 0.29) is 29.4 Å². The van der Waals surface area contributed by atoms with Gasteiger partial charge in [0, 0.05) is 31.7 Å². The molecule has 0 spiro atoms. The first-order valence-corrected chi connectivity index (χ1v) is 10.4. The van der Waals surface area contributed by atoms with Crippen LogP contribution in [-0.4, -0.2) is 24.5 Å². The monoisotopic (exact) mass is 528 g/mol. The molecule has 1 aliphatic carbocycles. The Morgan fingerprint density at radius 3 is 2.52 bits per heavy atom. The molecule has 31 heavy (non-hydrogen) atoms. The molecule has 6 heteroatoms. The lowest BCUT2D eigenvalue weighted by molar-refractivity contribution is 0.301.